The van der Waals surface area contributed by atoms with Crippen molar-refractivity contribution in [1.82, 2.24) is 10.3 Å². The Balaban J connectivity index is 1.71. The Morgan fingerprint density at radius 1 is 1.38 bits per heavy atom. The van der Waals surface area contributed by atoms with Gasteiger partial charge in [0.1, 0.15) is 11.9 Å². The molecule has 2 aromatic rings. The molecule has 21 heavy (non-hydrogen) atoms. The molecule has 0 aliphatic carbocycles. The number of rotatable bonds is 4. The van der Waals surface area contributed by atoms with E-state index >= 15 is 0 Å². The summed E-state index contributed by atoms with van der Waals surface area (Å²) >= 11 is 5.28. The fraction of sp³-hybridized carbons (Fsp3) is 0.312. The monoisotopic (exact) mass is 364 g/mol. The first-order valence-electron chi connectivity index (χ1n) is 6.92. The lowest BCUT2D eigenvalue weighted by atomic mass is 10.1. The van der Waals surface area contributed by atoms with E-state index < -0.39 is 0 Å². The Labute approximate surface area is 137 Å². The maximum atomic E-state index is 6.16. The van der Waals surface area contributed by atoms with Crippen LogP contribution in [0.3, 0.4) is 0 Å². The van der Waals surface area contributed by atoms with Gasteiger partial charge in [-0.05, 0) is 47.2 Å². The smallest absolute Gasteiger partial charge is 0.133 e. The van der Waals surface area contributed by atoms with Crippen LogP contribution < -0.4 is 10.1 Å². The molecule has 1 aromatic heterocycles. The molecule has 3 nitrogen and oxygen atoms in total. The molecule has 1 N–H and O–H groups in total. The van der Waals surface area contributed by atoms with E-state index in [1.807, 2.05) is 43.2 Å². The highest BCUT2D eigenvalue weighted by Gasteiger charge is 2.27. The summed E-state index contributed by atoms with van der Waals surface area (Å²) in [7, 11) is 1.98. The van der Waals surface area contributed by atoms with Crippen molar-refractivity contribution >= 4 is 27.7 Å². The lowest BCUT2D eigenvalue weighted by Crippen LogP contribution is -2.45. The Bertz CT molecular complexity index is 605. The highest BCUT2D eigenvalue weighted by molar-refractivity contribution is 9.10. The van der Waals surface area contributed by atoms with Crippen molar-refractivity contribution in [3.8, 4) is 5.75 Å². The summed E-state index contributed by atoms with van der Waals surface area (Å²) in [4.78, 5) is 5.68. The zero-order valence-corrected chi connectivity index (χ0v) is 14.2. The van der Waals surface area contributed by atoms with Crippen molar-refractivity contribution in [3.05, 3.63) is 52.8 Å². The van der Waals surface area contributed by atoms with E-state index in [1.165, 1.54) is 4.90 Å². The van der Waals surface area contributed by atoms with E-state index in [-0.39, 0.29) is 12.1 Å². The van der Waals surface area contributed by atoms with Gasteiger partial charge < -0.3 is 10.1 Å². The summed E-state index contributed by atoms with van der Waals surface area (Å²) < 4.78 is 7.17. The summed E-state index contributed by atoms with van der Waals surface area (Å²) in [6, 6.07) is 12.6. The molecule has 0 bridgehead atoms. The lowest BCUT2D eigenvalue weighted by molar-refractivity contribution is 0.169. The number of likely N-dealkylation sites (N-methyl/N-ethyl adjacent to an activating group) is 1. The molecule has 1 aromatic carbocycles. The maximum Gasteiger partial charge on any atom is 0.133 e. The molecule has 0 saturated carbocycles. The van der Waals surface area contributed by atoms with E-state index in [0.717, 1.165) is 28.1 Å². The third-order valence-corrected chi connectivity index (χ3v) is 5.18. The van der Waals surface area contributed by atoms with Crippen LogP contribution in [0.25, 0.3) is 0 Å². The van der Waals surface area contributed by atoms with Crippen molar-refractivity contribution in [2.24, 2.45) is 0 Å². The minimum absolute atomic E-state index is 0.153. The number of hydrogen-bond donors (Lipinski definition) is 1. The zero-order chi connectivity index (χ0) is 14.7. The van der Waals surface area contributed by atoms with Gasteiger partial charge in [0.05, 0.1) is 6.04 Å². The predicted molar refractivity (Wildman–Crippen MR) is 90.1 cm³/mol. The number of ether oxygens (including phenoxy) is 1. The molecule has 2 heterocycles. The van der Waals surface area contributed by atoms with E-state index in [2.05, 4.69) is 44.4 Å². The largest absolute Gasteiger partial charge is 0.487 e. The average molecular weight is 365 g/mol. The first-order valence-corrected chi connectivity index (χ1v) is 8.70. The normalized spacial score (nSPS) is 18.7. The number of pyridine rings is 1. The third kappa shape index (κ3) is 3.59. The molecule has 0 saturated heterocycles. The maximum absolute atomic E-state index is 6.16. The van der Waals surface area contributed by atoms with Crippen LogP contribution in [-0.2, 0) is 6.42 Å². The van der Waals surface area contributed by atoms with E-state index in [1.54, 1.807) is 0 Å². The van der Waals surface area contributed by atoms with Crippen molar-refractivity contribution in [3.63, 3.8) is 0 Å². The molecule has 2 atom stereocenters. The molecule has 1 aliphatic heterocycles. The summed E-state index contributed by atoms with van der Waals surface area (Å²) in [5, 5.41) is 3.38. The van der Waals surface area contributed by atoms with Crippen LogP contribution in [0.15, 0.2) is 52.0 Å². The molecule has 2 unspecified atom stereocenters. The third-order valence-electron chi connectivity index (χ3n) is 3.57. The number of thioether (sulfide) groups is 1. The minimum Gasteiger partial charge on any atom is -0.487 e. The van der Waals surface area contributed by atoms with E-state index in [9.17, 15) is 0 Å². The summed E-state index contributed by atoms with van der Waals surface area (Å²) in [6.45, 7) is 0. The van der Waals surface area contributed by atoms with Crippen LogP contribution in [0.1, 0.15) is 5.69 Å². The molecule has 0 spiro atoms. The van der Waals surface area contributed by atoms with Gasteiger partial charge in [-0.3, -0.25) is 4.98 Å². The second-order valence-corrected chi connectivity index (χ2v) is 6.96. The fourth-order valence-electron chi connectivity index (χ4n) is 2.41. The Hall–Kier alpha value is -1.04. The van der Waals surface area contributed by atoms with Gasteiger partial charge in [-0.1, -0.05) is 12.1 Å². The average Bonchev–Trinajstić information content (AvgIpc) is 2.54. The van der Waals surface area contributed by atoms with Gasteiger partial charge in [0.25, 0.3) is 0 Å². The number of hydrogen-bond acceptors (Lipinski definition) is 4. The second kappa shape index (κ2) is 6.81. The first kappa shape index (κ1) is 14.9. The number of para-hydroxylation sites is 1. The number of nitrogens with zero attached hydrogens (tertiary/aromatic N) is 1. The van der Waals surface area contributed by atoms with Crippen molar-refractivity contribution in [2.75, 3.05) is 12.8 Å². The van der Waals surface area contributed by atoms with Gasteiger partial charge in [-0.15, -0.1) is 11.8 Å². The molecule has 110 valence electrons. The summed E-state index contributed by atoms with van der Waals surface area (Å²) in [5.74, 6) is 1.95. The molecule has 5 heteroatoms. The lowest BCUT2D eigenvalue weighted by Gasteiger charge is -2.31. The van der Waals surface area contributed by atoms with E-state index in [4.69, 9.17) is 4.74 Å². The highest BCUT2D eigenvalue weighted by atomic mass is 79.9. The number of benzene rings is 1. The SMILES string of the molecule is CNC(Cc1ccc(Br)cn1)C1CSc2ccccc2O1. The molecule has 1 aliphatic rings. The molecule has 0 fully saturated rings. The number of halogens is 1. The van der Waals surface area contributed by atoms with Gasteiger partial charge in [0.15, 0.2) is 0 Å². The highest BCUT2D eigenvalue weighted by Crippen LogP contribution is 2.35. The second-order valence-electron chi connectivity index (χ2n) is 4.98. The zero-order valence-electron chi connectivity index (χ0n) is 11.8. The topological polar surface area (TPSA) is 34.2 Å². The van der Waals surface area contributed by atoms with Gasteiger partial charge in [-0.2, -0.15) is 0 Å². The Morgan fingerprint density at radius 2 is 2.24 bits per heavy atom. The van der Waals surface area contributed by atoms with Gasteiger partial charge in [-0.25, -0.2) is 0 Å². The quantitative estimate of drug-likeness (QED) is 0.899. The van der Waals surface area contributed by atoms with Crippen LogP contribution in [0.4, 0.5) is 0 Å². The van der Waals surface area contributed by atoms with Gasteiger partial charge in [0, 0.05) is 33.4 Å². The van der Waals surface area contributed by atoms with Crippen LogP contribution in [0.5, 0.6) is 5.75 Å². The van der Waals surface area contributed by atoms with Crippen molar-refractivity contribution in [2.45, 2.75) is 23.5 Å². The summed E-state index contributed by atoms with van der Waals surface area (Å²) in [6.07, 6.45) is 2.85. The molecule has 0 amide bonds. The molecule has 3 rings (SSSR count). The van der Waals surface area contributed by atoms with Crippen LogP contribution in [0.2, 0.25) is 0 Å². The van der Waals surface area contributed by atoms with Gasteiger partial charge >= 0.3 is 0 Å². The fourth-order valence-corrected chi connectivity index (χ4v) is 3.72. The minimum atomic E-state index is 0.153. The Morgan fingerprint density at radius 3 is 3.00 bits per heavy atom. The predicted octanol–water partition coefficient (Wildman–Crippen LogP) is 3.53. The molecular formula is C16H17BrN2OS. The number of aromatic nitrogens is 1. The van der Waals surface area contributed by atoms with Crippen LogP contribution >= 0.6 is 27.7 Å². The standard InChI is InChI=1S/C16H17BrN2OS/c1-18-13(8-12-7-6-11(17)9-19-12)15-10-21-16-5-3-2-4-14(16)20-15/h2-7,9,13,15,18H,8,10H2,1H3. The van der Waals surface area contributed by atoms with Crippen LogP contribution in [0, 0.1) is 0 Å². The van der Waals surface area contributed by atoms with Crippen molar-refractivity contribution in [1.29, 1.82) is 0 Å². The molecule has 0 radical (unpaired) electrons. The number of nitrogens with one attached hydrogen (secondary N) is 1. The Kier molecular flexibility index (Phi) is 4.83. The van der Waals surface area contributed by atoms with Crippen LogP contribution in [-0.4, -0.2) is 29.9 Å². The summed E-state index contributed by atoms with van der Waals surface area (Å²) in [5.41, 5.74) is 1.07. The van der Waals surface area contributed by atoms with Crippen molar-refractivity contribution < 1.29 is 4.74 Å². The van der Waals surface area contributed by atoms with E-state index in [0.29, 0.717) is 0 Å². The first-order chi connectivity index (χ1) is 10.3. The number of fused-ring (bicyclic) bond motifs is 1. The molecular weight excluding hydrogens is 348 g/mol. The van der Waals surface area contributed by atoms with Gasteiger partial charge in [0.2, 0.25) is 0 Å².